The van der Waals surface area contributed by atoms with Crippen LogP contribution in [-0.2, 0) is 25.6 Å². The zero-order chi connectivity index (χ0) is 17.9. The smallest absolute Gasteiger partial charge is 0.408 e. The number of aliphatic carboxylic acids is 1. The zero-order valence-corrected chi connectivity index (χ0v) is 14.2. The Bertz CT molecular complexity index is 530. The molecule has 1 aromatic rings. The van der Waals surface area contributed by atoms with Gasteiger partial charge in [0.15, 0.2) is 6.29 Å². The van der Waals surface area contributed by atoms with Gasteiger partial charge in [-0.25, -0.2) is 9.59 Å². The zero-order valence-electron chi connectivity index (χ0n) is 14.2. The summed E-state index contributed by atoms with van der Waals surface area (Å²) < 4.78 is 15.7. The van der Waals surface area contributed by atoms with E-state index in [2.05, 4.69) is 5.32 Å². The minimum absolute atomic E-state index is 0.112. The normalized spacial score (nSPS) is 15.7. The molecule has 25 heavy (non-hydrogen) atoms. The monoisotopic (exact) mass is 351 g/mol. The molecule has 1 aromatic carbocycles. The van der Waals surface area contributed by atoms with Crippen molar-refractivity contribution in [3.8, 4) is 0 Å². The molecule has 0 spiro atoms. The second kappa shape index (κ2) is 10.7. The van der Waals surface area contributed by atoms with Crippen LogP contribution >= 0.6 is 0 Å². The summed E-state index contributed by atoms with van der Waals surface area (Å²) in [7, 11) is 0. The summed E-state index contributed by atoms with van der Waals surface area (Å²) in [5, 5.41) is 11.6. The summed E-state index contributed by atoms with van der Waals surface area (Å²) in [6, 6.07) is 8.28. The standard InChI is InChI=1S/C18H25NO6/c20-17(21)15(9-5-2-6-10-16-23-11-12-24-16)19-18(22)25-13-14-7-3-1-4-8-14/h1,3-4,7-8,15-16H,2,5-6,9-13H2,(H,19,22)(H,20,21). The van der Waals surface area contributed by atoms with Gasteiger partial charge in [0.25, 0.3) is 0 Å². The molecular formula is C18H25NO6. The van der Waals surface area contributed by atoms with Crippen LogP contribution in [0, 0.1) is 0 Å². The predicted octanol–water partition coefficient (Wildman–Crippen LogP) is 2.69. The van der Waals surface area contributed by atoms with Gasteiger partial charge >= 0.3 is 12.1 Å². The average Bonchev–Trinajstić information content (AvgIpc) is 3.13. The lowest BCUT2D eigenvalue weighted by Gasteiger charge is -2.15. The van der Waals surface area contributed by atoms with E-state index in [0.29, 0.717) is 26.1 Å². The van der Waals surface area contributed by atoms with Crippen LogP contribution in [0.5, 0.6) is 0 Å². The quantitative estimate of drug-likeness (QED) is 0.630. The molecule has 1 fully saturated rings. The number of benzene rings is 1. The van der Waals surface area contributed by atoms with Gasteiger partial charge in [0, 0.05) is 0 Å². The molecule has 0 saturated carbocycles. The Labute approximate surface area is 147 Å². The number of unbranched alkanes of at least 4 members (excludes halogenated alkanes) is 2. The number of carbonyl (C=O) groups excluding carboxylic acids is 1. The van der Waals surface area contributed by atoms with Gasteiger partial charge in [0.2, 0.25) is 0 Å². The van der Waals surface area contributed by atoms with Crippen molar-refractivity contribution in [1.82, 2.24) is 5.32 Å². The maximum Gasteiger partial charge on any atom is 0.408 e. The molecule has 138 valence electrons. The number of amides is 1. The number of carbonyl (C=O) groups is 2. The van der Waals surface area contributed by atoms with Crippen LogP contribution in [0.15, 0.2) is 30.3 Å². The van der Waals surface area contributed by atoms with E-state index in [1.54, 1.807) is 0 Å². The molecule has 0 aromatic heterocycles. The first kappa shape index (κ1) is 19.2. The Hall–Kier alpha value is -2.12. The first-order chi connectivity index (χ1) is 12.1. The van der Waals surface area contributed by atoms with E-state index in [9.17, 15) is 14.7 Å². The summed E-state index contributed by atoms with van der Waals surface area (Å²) in [6.07, 6.45) is 2.78. The fraction of sp³-hybridized carbons (Fsp3) is 0.556. The van der Waals surface area contributed by atoms with E-state index in [4.69, 9.17) is 14.2 Å². The van der Waals surface area contributed by atoms with Crippen molar-refractivity contribution in [1.29, 1.82) is 0 Å². The molecule has 0 bridgehead atoms. The molecule has 1 atom stereocenters. The molecule has 0 aliphatic carbocycles. The maximum atomic E-state index is 11.8. The minimum Gasteiger partial charge on any atom is -0.480 e. The second-order valence-corrected chi connectivity index (χ2v) is 5.91. The first-order valence-electron chi connectivity index (χ1n) is 8.58. The largest absolute Gasteiger partial charge is 0.480 e. The van der Waals surface area contributed by atoms with Crippen LogP contribution in [-0.4, -0.2) is 42.7 Å². The lowest BCUT2D eigenvalue weighted by molar-refractivity contribution is -0.139. The van der Waals surface area contributed by atoms with Gasteiger partial charge in [0.05, 0.1) is 13.2 Å². The van der Waals surface area contributed by atoms with Crippen LogP contribution < -0.4 is 5.32 Å². The van der Waals surface area contributed by atoms with E-state index in [-0.39, 0.29) is 12.9 Å². The highest BCUT2D eigenvalue weighted by atomic mass is 16.7. The number of carboxylic acid groups (broad SMARTS) is 1. The fourth-order valence-electron chi connectivity index (χ4n) is 2.57. The number of hydrogen-bond donors (Lipinski definition) is 2. The van der Waals surface area contributed by atoms with Crippen molar-refractivity contribution >= 4 is 12.1 Å². The Morgan fingerprint density at radius 3 is 2.56 bits per heavy atom. The molecule has 2 N–H and O–H groups in total. The molecule has 1 unspecified atom stereocenters. The Morgan fingerprint density at radius 2 is 1.88 bits per heavy atom. The van der Waals surface area contributed by atoms with Gasteiger partial charge in [-0.2, -0.15) is 0 Å². The molecule has 1 saturated heterocycles. The Kier molecular flexibility index (Phi) is 8.21. The highest BCUT2D eigenvalue weighted by Crippen LogP contribution is 2.14. The number of alkyl carbamates (subject to hydrolysis) is 1. The van der Waals surface area contributed by atoms with Gasteiger partial charge in [-0.3, -0.25) is 0 Å². The van der Waals surface area contributed by atoms with Gasteiger partial charge in [-0.15, -0.1) is 0 Å². The van der Waals surface area contributed by atoms with Crippen LogP contribution in [0.4, 0.5) is 4.79 Å². The van der Waals surface area contributed by atoms with E-state index in [1.807, 2.05) is 30.3 Å². The summed E-state index contributed by atoms with van der Waals surface area (Å²) in [5.74, 6) is -1.06. The molecule has 1 aliphatic rings. The van der Waals surface area contributed by atoms with E-state index in [0.717, 1.165) is 24.8 Å². The number of carboxylic acids is 1. The van der Waals surface area contributed by atoms with Crippen molar-refractivity contribution in [3.05, 3.63) is 35.9 Å². The van der Waals surface area contributed by atoms with Crippen molar-refractivity contribution in [2.24, 2.45) is 0 Å². The minimum atomic E-state index is -1.06. The lowest BCUT2D eigenvalue weighted by atomic mass is 10.1. The predicted molar refractivity (Wildman–Crippen MR) is 90.0 cm³/mol. The Morgan fingerprint density at radius 1 is 1.16 bits per heavy atom. The van der Waals surface area contributed by atoms with E-state index >= 15 is 0 Å². The van der Waals surface area contributed by atoms with Crippen molar-refractivity contribution in [2.75, 3.05) is 13.2 Å². The van der Waals surface area contributed by atoms with E-state index < -0.39 is 18.1 Å². The van der Waals surface area contributed by atoms with Crippen molar-refractivity contribution in [2.45, 2.75) is 51.0 Å². The molecule has 1 heterocycles. The summed E-state index contributed by atoms with van der Waals surface area (Å²) in [4.78, 5) is 23.0. The Balaban J connectivity index is 1.61. The van der Waals surface area contributed by atoms with Crippen LogP contribution in [0.2, 0.25) is 0 Å². The molecular weight excluding hydrogens is 326 g/mol. The van der Waals surface area contributed by atoms with E-state index in [1.165, 1.54) is 0 Å². The molecule has 0 radical (unpaired) electrons. The number of hydrogen-bond acceptors (Lipinski definition) is 5. The maximum absolute atomic E-state index is 11.8. The summed E-state index contributed by atoms with van der Waals surface area (Å²) in [6.45, 7) is 1.39. The highest BCUT2D eigenvalue weighted by molar-refractivity contribution is 5.79. The van der Waals surface area contributed by atoms with Crippen LogP contribution in [0.25, 0.3) is 0 Å². The van der Waals surface area contributed by atoms with Crippen LogP contribution in [0.1, 0.15) is 37.7 Å². The van der Waals surface area contributed by atoms with Crippen LogP contribution in [0.3, 0.4) is 0 Å². The first-order valence-corrected chi connectivity index (χ1v) is 8.58. The molecule has 7 nitrogen and oxygen atoms in total. The number of nitrogens with one attached hydrogen (secondary N) is 1. The number of rotatable bonds is 10. The van der Waals surface area contributed by atoms with Gasteiger partial charge < -0.3 is 24.6 Å². The molecule has 7 heteroatoms. The third-order valence-electron chi connectivity index (χ3n) is 3.93. The highest BCUT2D eigenvalue weighted by Gasteiger charge is 2.20. The SMILES string of the molecule is O=C(NC(CCCCCC1OCCO1)C(=O)O)OCc1ccccc1. The molecule has 1 aliphatic heterocycles. The molecule has 1 amide bonds. The van der Waals surface area contributed by atoms with Gasteiger partial charge in [-0.1, -0.05) is 43.2 Å². The topological polar surface area (TPSA) is 94.1 Å². The average molecular weight is 351 g/mol. The fourth-order valence-corrected chi connectivity index (χ4v) is 2.57. The summed E-state index contributed by atoms with van der Waals surface area (Å²) in [5.41, 5.74) is 0.848. The lowest BCUT2D eigenvalue weighted by Crippen LogP contribution is -2.41. The number of ether oxygens (including phenoxy) is 3. The van der Waals surface area contributed by atoms with Gasteiger partial charge in [-0.05, 0) is 24.8 Å². The molecule has 2 rings (SSSR count). The third-order valence-corrected chi connectivity index (χ3v) is 3.93. The van der Waals surface area contributed by atoms with Crippen molar-refractivity contribution in [3.63, 3.8) is 0 Å². The second-order valence-electron chi connectivity index (χ2n) is 5.91. The summed E-state index contributed by atoms with van der Waals surface area (Å²) >= 11 is 0. The van der Waals surface area contributed by atoms with Gasteiger partial charge in [0.1, 0.15) is 12.6 Å². The van der Waals surface area contributed by atoms with Crippen molar-refractivity contribution < 1.29 is 28.9 Å². The third kappa shape index (κ3) is 7.53.